The first kappa shape index (κ1) is 17.2. The highest BCUT2D eigenvalue weighted by molar-refractivity contribution is 9.10. The van der Waals surface area contributed by atoms with Crippen LogP contribution in [0.3, 0.4) is 0 Å². The number of halogens is 1. The summed E-state index contributed by atoms with van der Waals surface area (Å²) in [5.74, 6) is 0.0460. The number of aryl methyl sites for hydroxylation is 1. The fourth-order valence-electron chi connectivity index (χ4n) is 2.10. The number of rotatable bonds is 8. The molecular formula is C16H24BrNO2. The Hall–Kier alpha value is -0.870. The van der Waals surface area contributed by atoms with Crippen LogP contribution in [0.5, 0.6) is 0 Å². The number of aliphatic hydroxyl groups excluding tert-OH is 1. The summed E-state index contributed by atoms with van der Waals surface area (Å²) < 4.78 is 1.03. The smallest absolute Gasteiger partial charge is 0.220 e. The van der Waals surface area contributed by atoms with Crippen LogP contribution in [0, 0.1) is 5.41 Å². The number of hydrogen-bond acceptors (Lipinski definition) is 2. The van der Waals surface area contributed by atoms with Gasteiger partial charge in [0.25, 0.3) is 0 Å². The molecule has 1 aromatic rings. The van der Waals surface area contributed by atoms with E-state index in [0.717, 1.165) is 29.3 Å². The van der Waals surface area contributed by atoms with Gasteiger partial charge in [0.2, 0.25) is 5.91 Å². The summed E-state index contributed by atoms with van der Waals surface area (Å²) in [7, 11) is 0. The Bertz CT molecular complexity index is 422. The van der Waals surface area contributed by atoms with E-state index in [1.54, 1.807) is 0 Å². The van der Waals surface area contributed by atoms with E-state index in [4.69, 9.17) is 0 Å². The summed E-state index contributed by atoms with van der Waals surface area (Å²) in [6.45, 7) is 4.76. The first-order valence-corrected chi connectivity index (χ1v) is 7.96. The molecule has 0 unspecified atom stereocenters. The van der Waals surface area contributed by atoms with Crippen molar-refractivity contribution in [3.8, 4) is 0 Å². The maximum Gasteiger partial charge on any atom is 0.220 e. The molecule has 2 N–H and O–H groups in total. The van der Waals surface area contributed by atoms with Crippen LogP contribution >= 0.6 is 15.9 Å². The zero-order chi connectivity index (χ0) is 15.0. The molecule has 0 saturated carbocycles. The van der Waals surface area contributed by atoms with E-state index in [9.17, 15) is 9.90 Å². The van der Waals surface area contributed by atoms with Crippen LogP contribution in [0.1, 0.15) is 38.7 Å². The van der Waals surface area contributed by atoms with Crippen molar-refractivity contribution in [1.29, 1.82) is 0 Å². The number of hydrogen-bond donors (Lipinski definition) is 2. The van der Waals surface area contributed by atoms with Gasteiger partial charge in [-0.1, -0.05) is 41.9 Å². The summed E-state index contributed by atoms with van der Waals surface area (Å²) in [5.41, 5.74) is 0.972. The molecule has 112 valence electrons. The molecule has 20 heavy (non-hydrogen) atoms. The molecule has 0 heterocycles. The quantitative estimate of drug-likeness (QED) is 0.762. The summed E-state index contributed by atoms with van der Waals surface area (Å²) in [4.78, 5) is 11.9. The number of nitrogens with one attached hydrogen (secondary N) is 1. The van der Waals surface area contributed by atoms with Crippen molar-refractivity contribution in [2.75, 3.05) is 13.2 Å². The Kier molecular flexibility index (Phi) is 7.24. The van der Waals surface area contributed by atoms with Crippen molar-refractivity contribution < 1.29 is 9.90 Å². The molecule has 0 radical (unpaired) electrons. The van der Waals surface area contributed by atoms with Crippen LogP contribution in [0.2, 0.25) is 0 Å². The van der Waals surface area contributed by atoms with Crippen LogP contribution in [-0.2, 0) is 11.2 Å². The highest BCUT2D eigenvalue weighted by Gasteiger charge is 2.25. The summed E-state index contributed by atoms with van der Waals surface area (Å²) in [6.07, 6.45) is 2.94. The second kappa shape index (κ2) is 8.42. The molecule has 0 saturated heterocycles. The Morgan fingerprint density at radius 3 is 2.60 bits per heavy atom. The van der Waals surface area contributed by atoms with Gasteiger partial charge in [0.05, 0.1) is 6.61 Å². The molecule has 0 aromatic heterocycles. The maximum atomic E-state index is 11.9. The van der Waals surface area contributed by atoms with Gasteiger partial charge in [0, 0.05) is 22.9 Å². The van der Waals surface area contributed by atoms with Crippen molar-refractivity contribution in [1.82, 2.24) is 5.32 Å². The van der Waals surface area contributed by atoms with Crippen molar-refractivity contribution in [2.45, 2.75) is 39.5 Å². The van der Waals surface area contributed by atoms with Crippen LogP contribution in [-0.4, -0.2) is 24.2 Å². The minimum Gasteiger partial charge on any atom is -0.396 e. The van der Waals surface area contributed by atoms with E-state index < -0.39 is 0 Å². The van der Waals surface area contributed by atoms with Gasteiger partial charge in [0.15, 0.2) is 0 Å². The number of carbonyl (C=O) groups excluding carboxylic acids is 1. The van der Waals surface area contributed by atoms with Gasteiger partial charge in [-0.15, -0.1) is 0 Å². The molecule has 0 spiro atoms. The molecule has 0 aliphatic carbocycles. The van der Waals surface area contributed by atoms with Gasteiger partial charge in [-0.3, -0.25) is 4.79 Å². The van der Waals surface area contributed by atoms with Crippen LogP contribution in [0.4, 0.5) is 0 Å². The van der Waals surface area contributed by atoms with E-state index in [-0.39, 0.29) is 17.9 Å². The topological polar surface area (TPSA) is 49.3 Å². The third-order valence-electron chi connectivity index (χ3n) is 4.03. The Morgan fingerprint density at radius 2 is 2.05 bits per heavy atom. The molecule has 0 aliphatic heterocycles. The second-order valence-electron chi connectivity index (χ2n) is 5.27. The zero-order valence-corrected chi connectivity index (χ0v) is 13.9. The van der Waals surface area contributed by atoms with Gasteiger partial charge >= 0.3 is 0 Å². The molecule has 3 nitrogen and oxygen atoms in total. The lowest BCUT2D eigenvalue weighted by Gasteiger charge is -2.29. The van der Waals surface area contributed by atoms with Crippen LogP contribution < -0.4 is 5.32 Å². The van der Waals surface area contributed by atoms with Crippen molar-refractivity contribution in [2.24, 2.45) is 5.41 Å². The third kappa shape index (κ3) is 5.25. The first-order chi connectivity index (χ1) is 9.55. The standard InChI is InChI=1S/C16H24BrNO2/c1-3-16(4-2,12-19)11-18-15(20)9-8-13-6-5-7-14(17)10-13/h5-7,10,19H,3-4,8-9,11-12H2,1-2H3,(H,18,20). The first-order valence-electron chi connectivity index (χ1n) is 7.17. The number of carbonyl (C=O) groups is 1. The Labute approximate surface area is 129 Å². The molecular weight excluding hydrogens is 318 g/mol. The van der Waals surface area contributed by atoms with E-state index in [1.165, 1.54) is 0 Å². The predicted octanol–water partition coefficient (Wildman–Crippen LogP) is 3.30. The van der Waals surface area contributed by atoms with Gasteiger partial charge in [-0.05, 0) is 37.0 Å². The Morgan fingerprint density at radius 1 is 1.35 bits per heavy atom. The molecule has 0 atom stereocenters. The minimum atomic E-state index is -0.175. The summed E-state index contributed by atoms with van der Waals surface area (Å²) >= 11 is 3.43. The number of benzene rings is 1. The SMILES string of the molecule is CCC(CC)(CO)CNC(=O)CCc1cccc(Br)c1. The van der Waals surface area contributed by atoms with Crippen LogP contribution in [0.15, 0.2) is 28.7 Å². The Balaban J connectivity index is 2.40. The van der Waals surface area contributed by atoms with Crippen molar-refractivity contribution in [3.63, 3.8) is 0 Å². The average molecular weight is 342 g/mol. The molecule has 4 heteroatoms. The van der Waals surface area contributed by atoms with E-state index in [0.29, 0.717) is 13.0 Å². The van der Waals surface area contributed by atoms with E-state index in [2.05, 4.69) is 21.2 Å². The highest BCUT2D eigenvalue weighted by Crippen LogP contribution is 2.24. The fourth-order valence-corrected chi connectivity index (χ4v) is 2.55. The summed E-state index contributed by atoms with van der Waals surface area (Å²) in [5, 5.41) is 12.4. The molecule has 0 fully saturated rings. The fraction of sp³-hybridized carbons (Fsp3) is 0.562. The van der Waals surface area contributed by atoms with Gasteiger partial charge in [-0.2, -0.15) is 0 Å². The van der Waals surface area contributed by atoms with Gasteiger partial charge < -0.3 is 10.4 Å². The lowest BCUT2D eigenvalue weighted by atomic mass is 9.83. The normalized spacial score (nSPS) is 11.4. The van der Waals surface area contributed by atoms with Crippen LogP contribution in [0.25, 0.3) is 0 Å². The van der Waals surface area contributed by atoms with Crippen molar-refractivity contribution in [3.05, 3.63) is 34.3 Å². The highest BCUT2D eigenvalue weighted by atomic mass is 79.9. The molecule has 1 amide bonds. The average Bonchev–Trinajstić information content (AvgIpc) is 2.47. The third-order valence-corrected chi connectivity index (χ3v) is 4.52. The van der Waals surface area contributed by atoms with Crippen molar-refractivity contribution >= 4 is 21.8 Å². The zero-order valence-electron chi connectivity index (χ0n) is 12.3. The van der Waals surface area contributed by atoms with E-state index in [1.807, 2.05) is 38.1 Å². The van der Waals surface area contributed by atoms with Gasteiger partial charge in [0.1, 0.15) is 0 Å². The predicted molar refractivity (Wildman–Crippen MR) is 85.6 cm³/mol. The van der Waals surface area contributed by atoms with Gasteiger partial charge in [-0.25, -0.2) is 0 Å². The molecule has 0 aliphatic rings. The lowest BCUT2D eigenvalue weighted by molar-refractivity contribution is -0.121. The molecule has 0 bridgehead atoms. The number of amides is 1. The summed E-state index contributed by atoms with van der Waals surface area (Å²) in [6, 6.07) is 8.00. The lowest BCUT2D eigenvalue weighted by Crippen LogP contribution is -2.39. The maximum absolute atomic E-state index is 11.9. The molecule has 1 aromatic carbocycles. The molecule has 1 rings (SSSR count). The minimum absolute atomic E-state index is 0.0460. The monoisotopic (exact) mass is 341 g/mol. The number of aliphatic hydroxyl groups is 1. The second-order valence-corrected chi connectivity index (χ2v) is 6.19. The van der Waals surface area contributed by atoms with E-state index >= 15 is 0 Å². The largest absolute Gasteiger partial charge is 0.396 e.